The van der Waals surface area contributed by atoms with E-state index in [-0.39, 0.29) is 10.0 Å². The van der Waals surface area contributed by atoms with Crippen LogP contribution in [0, 0.1) is 5.82 Å². The quantitative estimate of drug-likeness (QED) is 0.924. The SMILES string of the molecule is CCN1CCN(c2ccc(C(=O)O)c(Br)c2F)CC1. The molecule has 2 rings (SSSR count). The zero-order valence-electron chi connectivity index (χ0n) is 10.7. The van der Waals surface area contributed by atoms with Crippen molar-refractivity contribution < 1.29 is 14.3 Å². The Morgan fingerprint density at radius 2 is 2.00 bits per heavy atom. The van der Waals surface area contributed by atoms with Gasteiger partial charge in [-0.3, -0.25) is 0 Å². The van der Waals surface area contributed by atoms with Crippen LogP contribution in [0.3, 0.4) is 0 Å². The van der Waals surface area contributed by atoms with E-state index in [4.69, 9.17) is 5.11 Å². The predicted molar refractivity (Wildman–Crippen MR) is 75.4 cm³/mol. The smallest absolute Gasteiger partial charge is 0.336 e. The molecule has 1 N–H and O–H groups in total. The Labute approximate surface area is 119 Å². The number of carboxylic acids is 1. The van der Waals surface area contributed by atoms with Gasteiger partial charge >= 0.3 is 5.97 Å². The molecular formula is C13H16BrFN2O2. The van der Waals surface area contributed by atoms with Crippen molar-refractivity contribution in [3.05, 3.63) is 28.0 Å². The highest BCUT2D eigenvalue weighted by Crippen LogP contribution is 2.30. The highest BCUT2D eigenvalue weighted by Gasteiger charge is 2.22. The molecule has 4 nitrogen and oxygen atoms in total. The zero-order valence-corrected chi connectivity index (χ0v) is 12.3. The van der Waals surface area contributed by atoms with Crippen LogP contribution in [0.25, 0.3) is 0 Å². The maximum Gasteiger partial charge on any atom is 0.336 e. The van der Waals surface area contributed by atoms with E-state index in [1.54, 1.807) is 6.07 Å². The lowest BCUT2D eigenvalue weighted by Crippen LogP contribution is -2.46. The van der Waals surface area contributed by atoms with Crippen molar-refractivity contribution in [2.24, 2.45) is 0 Å². The first-order chi connectivity index (χ1) is 9.04. The van der Waals surface area contributed by atoms with E-state index in [0.717, 1.165) is 32.7 Å². The molecule has 0 spiro atoms. The summed E-state index contributed by atoms with van der Waals surface area (Å²) in [5.41, 5.74) is 0.418. The van der Waals surface area contributed by atoms with Crippen LogP contribution in [0.2, 0.25) is 0 Å². The molecular weight excluding hydrogens is 315 g/mol. The van der Waals surface area contributed by atoms with Crippen molar-refractivity contribution in [3.8, 4) is 0 Å². The zero-order chi connectivity index (χ0) is 14.0. The number of carbonyl (C=O) groups is 1. The Hall–Kier alpha value is -1.14. The molecule has 0 amide bonds. The van der Waals surface area contributed by atoms with E-state index in [1.807, 2.05) is 4.90 Å². The minimum Gasteiger partial charge on any atom is -0.478 e. The maximum atomic E-state index is 14.2. The summed E-state index contributed by atoms with van der Waals surface area (Å²) < 4.78 is 14.2. The number of aromatic carboxylic acids is 1. The summed E-state index contributed by atoms with van der Waals surface area (Å²) in [5.74, 6) is -1.63. The van der Waals surface area contributed by atoms with E-state index in [1.165, 1.54) is 6.07 Å². The number of hydrogen-bond donors (Lipinski definition) is 1. The molecule has 1 saturated heterocycles. The van der Waals surface area contributed by atoms with Gasteiger partial charge in [-0.05, 0) is 34.6 Å². The van der Waals surface area contributed by atoms with Crippen molar-refractivity contribution in [1.29, 1.82) is 0 Å². The van der Waals surface area contributed by atoms with Crippen LogP contribution in [0.4, 0.5) is 10.1 Å². The molecule has 0 aliphatic carbocycles. The molecule has 0 atom stereocenters. The molecule has 1 aliphatic rings. The first kappa shape index (κ1) is 14.3. The number of carboxylic acid groups (broad SMARTS) is 1. The number of halogens is 2. The van der Waals surface area contributed by atoms with Gasteiger partial charge in [0.05, 0.1) is 15.7 Å². The highest BCUT2D eigenvalue weighted by molar-refractivity contribution is 9.10. The molecule has 6 heteroatoms. The fourth-order valence-corrected chi connectivity index (χ4v) is 2.76. The topological polar surface area (TPSA) is 43.8 Å². The van der Waals surface area contributed by atoms with Crippen LogP contribution >= 0.6 is 15.9 Å². The number of likely N-dealkylation sites (N-methyl/N-ethyl adjacent to an activating group) is 1. The third kappa shape index (κ3) is 2.90. The van der Waals surface area contributed by atoms with Gasteiger partial charge in [-0.15, -0.1) is 0 Å². The van der Waals surface area contributed by atoms with Crippen molar-refractivity contribution in [2.75, 3.05) is 37.6 Å². The molecule has 1 heterocycles. The maximum absolute atomic E-state index is 14.2. The molecule has 0 radical (unpaired) electrons. The van der Waals surface area contributed by atoms with Gasteiger partial charge in [0.2, 0.25) is 0 Å². The fourth-order valence-electron chi connectivity index (χ4n) is 2.25. The number of nitrogens with zero attached hydrogens (tertiary/aromatic N) is 2. The summed E-state index contributed by atoms with van der Waals surface area (Å²) in [4.78, 5) is 15.2. The molecule has 104 valence electrons. The summed E-state index contributed by atoms with van der Waals surface area (Å²) in [6.07, 6.45) is 0. The first-order valence-electron chi connectivity index (χ1n) is 6.23. The minimum absolute atomic E-state index is 0.0235. The first-order valence-corrected chi connectivity index (χ1v) is 7.02. The summed E-state index contributed by atoms with van der Waals surface area (Å²) in [6, 6.07) is 2.99. The molecule has 0 aromatic heterocycles. The number of rotatable bonds is 3. The van der Waals surface area contributed by atoms with E-state index in [9.17, 15) is 9.18 Å². The van der Waals surface area contributed by atoms with Crippen LogP contribution < -0.4 is 4.90 Å². The molecule has 1 aliphatic heterocycles. The second-order valence-electron chi connectivity index (χ2n) is 4.49. The van der Waals surface area contributed by atoms with Gasteiger partial charge in [-0.1, -0.05) is 6.92 Å². The molecule has 0 unspecified atom stereocenters. The predicted octanol–water partition coefficient (Wildman–Crippen LogP) is 2.43. The standard InChI is InChI=1S/C13H16BrFN2O2/c1-2-16-5-7-17(8-6-16)10-4-3-9(13(18)19)11(14)12(10)15/h3-4H,2,5-8H2,1H3,(H,18,19). The van der Waals surface area contributed by atoms with Crippen LogP contribution in [0.5, 0.6) is 0 Å². The minimum atomic E-state index is -1.13. The number of hydrogen-bond acceptors (Lipinski definition) is 3. The van der Waals surface area contributed by atoms with E-state index in [2.05, 4.69) is 27.8 Å². The Morgan fingerprint density at radius 1 is 1.37 bits per heavy atom. The number of anilines is 1. The van der Waals surface area contributed by atoms with Crippen LogP contribution in [0.1, 0.15) is 17.3 Å². The van der Waals surface area contributed by atoms with Crippen LogP contribution in [0.15, 0.2) is 16.6 Å². The summed E-state index contributed by atoms with van der Waals surface area (Å²) in [6.45, 7) is 6.40. The molecule has 19 heavy (non-hydrogen) atoms. The second-order valence-corrected chi connectivity index (χ2v) is 5.28. The largest absolute Gasteiger partial charge is 0.478 e. The van der Waals surface area contributed by atoms with Crippen molar-refractivity contribution in [2.45, 2.75) is 6.92 Å². The lowest BCUT2D eigenvalue weighted by Gasteiger charge is -2.35. The number of benzene rings is 1. The third-order valence-electron chi connectivity index (χ3n) is 3.45. The van der Waals surface area contributed by atoms with Crippen molar-refractivity contribution >= 4 is 27.6 Å². The van der Waals surface area contributed by atoms with Crippen LogP contribution in [-0.4, -0.2) is 48.7 Å². The average Bonchev–Trinajstić information content (AvgIpc) is 2.41. The molecule has 1 fully saturated rings. The molecule has 0 bridgehead atoms. The second kappa shape index (κ2) is 5.88. The number of piperazine rings is 1. The van der Waals surface area contributed by atoms with E-state index in [0.29, 0.717) is 5.69 Å². The molecule has 1 aromatic rings. The van der Waals surface area contributed by atoms with Crippen molar-refractivity contribution in [1.82, 2.24) is 4.90 Å². The molecule has 1 aromatic carbocycles. The highest BCUT2D eigenvalue weighted by atomic mass is 79.9. The van der Waals surface area contributed by atoms with E-state index >= 15 is 0 Å². The van der Waals surface area contributed by atoms with Gasteiger partial charge in [0.25, 0.3) is 0 Å². The van der Waals surface area contributed by atoms with Gasteiger partial charge in [0.1, 0.15) is 0 Å². The van der Waals surface area contributed by atoms with Gasteiger partial charge in [-0.25, -0.2) is 9.18 Å². The van der Waals surface area contributed by atoms with E-state index < -0.39 is 11.8 Å². The average molecular weight is 331 g/mol. The summed E-state index contributed by atoms with van der Waals surface area (Å²) in [5, 5.41) is 8.94. The monoisotopic (exact) mass is 330 g/mol. The van der Waals surface area contributed by atoms with Gasteiger partial charge < -0.3 is 14.9 Å². The lowest BCUT2D eigenvalue weighted by atomic mass is 10.1. The fraction of sp³-hybridized carbons (Fsp3) is 0.462. The van der Waals surface area contributed by atoms with Gasteiger partial charge in [-0.2, -0.15) is 0 Å². The Bertz CT molecular complexity index is 488. The molecule has 0 saturated carbocycles. The third-order valence-corrected chi connectivity index (χ3v) is 4.23. The van der Waals surface area contributed by atoms with Gasteiger partial charge in [0, 0.05) is 26.2 Å². The van der Waals surface area contributed by atoms with Crippen molar-refractivity contribution in [3.63, 3.8) is 0 Å². The normalized spacial score (nSPS) is 16.7. The Balaban J connectivity index is 2.22. The lowest BCUT2D eigenvalue weighted by molar-refractivity contribution is 0.0695. The Morgan fingerprint density at radius 3 is 2.53 bits per heavy atom. The summed E-state index contributed by atoms with van der Waals surface area (Å²) in [7, 11) is 0. The van der Waals surface area contributed by atoms with Crippen LogP contribution in [-0.2, 0) is 0 Å². The Kier molecular flexibility index (Phi) is 4.42. The summed E-state index contributed by atoms with van der Waals surface area (Å²) >= 11 is 3.03. The van der Waals surface area contributed by atoms with Gasteiger partial charge in [0.15, 0.2) is 5.82 Å².